The summed E-state index contributed by atoms with van der Waals surface area (Å²) in [4.78, 5) is 12.1. The van der Waals surface area contributed by atoms with E-state index in [0.29, 0.717) is 11.4 Å². The van der Waals surface area contributed by atoms with Gasteiger partial charge in [0, 0.05) is 11.4 Å². The Morgan fingerprint density at radius 3 is 2.14 bits per heavy atom. The first-order valence-corrected chi connectivity index (χ1v) is 8.02. The second-order valence-corrected chi connectivity index (χ2v) is 6.26. The van der Waals surface area contributed by atoms with Crippen molar-refractivity contribution in [2.75, 3.05) is 10.6 Å². The maximum atomic E-state index is 12.1. The number of carbonyl (C=O) groups excluding carboxylic acids is 1. The lowest BCUT2D eigenvalue weighted by Crippen LogP contribution is -2.41. The minimum atomic E-state index is -4.62. The molecule has 0 fully saturated rings. The highest BCUT2D eigenvalue weighted by molar-refractivity contribution is 7.87. The van der Waals surface area contributed by atoms with E-state index in [0.717, 1.165) is 5.56 Å². The van der Waals surface area contributed by atoms with E-state index in [9.17, 15) is 17.8 Å². The SMILES string of the molecule is Cc1ccc(NC(C(=O)Nc2ccccc2)S(=O)(=O)O)cc1. The molecule has 116 valence electrons. The van der Waals surface area contributed by atoms with Gasteiger partial charge in [-0.3, -0.25) is 9.35 Å². The van der Waals surface area contributed by atoms with Gasteiger partial charge < -0.3 is 10.6 Å². The fourth-order valence-corrected chi connectivity index (χ4v) is 2.42. The summed E-state index contributed by atoms with van der Waals surface area (Å²) in [5.74, 6) is -0.866. The zero-order valence-electron chi connectivity index (χ0n) is 11.9. The molecule has 0 radical (unpaired) electrons. The molecule has 0 aliphatic carbocycles. The first-order chi connectivity index (χ1) is 10.4. The number of benzene rings is 2. The van der Waals surface area contributed by atoms with Gasteiger partial charge in [0.15, 0.2) is 0 Å². The average Bonchev–Trinajstić information content (AvgIpc) is 2.46. The van der Waals surface area contributed by atoms with Crippen LogP contribution in [0.1, 0.15) is 5.56 Å². The molecule has 6 nitrogen and oxygen atoms in total. The highest BCUT2D eigenvalue weighted by Gasteiger charge is 2.31. The first-order valence-electron chi connectivity index (χ1n) is 6.52. The zero-order chi connectivity index (χ0) is 16.2. The monoisotopic (exact) mass is 320 g/mol. The molecular weight excluding hydrogens is 304 g/mol. The summed E-state index contributed by atoms with van der Waals surface area (Å²) < 4.78 is 32.2. The van der Waals surface area contributed by atoms with Gasteiger partial charge in [0.1, 0.15) is 0 Å². The fourth-order valence-electron chi connectivity index (χ4n) is 1.81. The Kier molecular flexibility index (Phi) is 4.79. The van der Waals surface area contributed by atoms with Crippen LogP contribution in [0.4, 0.5) is 11.4 Å². The standard InChI is InChI=1S/C15H16N2O4S/c1-11-7-9-13(10-8-11)17-15(22(19,20)21)14(18)16-12-5-3-2-4-6-12/h2-10,15,17H,1H3,(H,16,18)(H,19,20,21). The molecule has 0 bridgehead atoms. The topological polar surface area (TPSA) is 95.5 Å². The molecule has 0 aliphatic rings. The molecule has 7 heteroatoms. The van der Waals surface area contributed by atoms with E-state index < -0.39 is 21.4 Å². The van der Waals surface area contributed by atoms with Gasteiger partial charge in [-0.25, -0.2) is 0 Å². The van der Waals surface area contributed by atoms with E-state index in [1.807, 2.05) is 6.92 Å². The van der Waals surface area contributed by atoms with Crippen molar-refractivity contribution in [3.05, 3.63) is 60.2 Å². The highest BCUT2D eigenvalue weighted by atomic mass is 32.2. The maximum Gasteiger partial charge on any atom is 0.295 e. The van der Waals surface area contributed by atoms with Crippen LogP contribution in [0.25, 0.3) is 0 Å². The molecule has 1 unspecified atom stereocenters. The minimum absolute atomic E-state index is 0.413. The number of nitrogens with one attached hydrogen (secondary N) is 2. The number of hydrogen-bond donors (Lipinski definition) is 3. The Balaban J connectivity index is 2.19. The van der Waals surface area contributed by atoms with Gasteiger partial charge in [0.2, 0.25) is 5.37 Å². The van der Waals surface area contributed by atoms with E-state index >= 15 is 0 Å². The maximum absolute atomic E-state index is 12.1. The molecule has 0 aliphatic heterocycles. The van der Waals surface area contributed by atoms with Crippen LogP contribution in [0.3, 0.4) is 0 Å². The van der Waals surface area contributed by atoms with Crippen molar-refractivity contribution in [2.45, 2.75) is 12.3 Å². The van der Waals surface area contributed by atoms with Crippen LogP contribution in [-0.4, -0.2) is 24.3 Å². The molecule has 0 saturated carbocycles. The summed E-state index contributed by atoms with van der Waals surface area (Å²) >= 11 is 0. The van der Waals surface area contributed by atoms with Gasteiger partial charge in [-0.1, -0.05) is 35.9 Å². The second kappa shape index (κ2) is 6.59. The summed E-state index contributed by atoms with van der Waals surface area (Å²) in [5, 5.41) is 3.16. The van der Waals surface area contributed by atoms with Crippen molar-refractivity contribution in [3.8, 4) is 0 Å². The molecule has 0 heterocycles. The summed E-state index contributed by atoms with van der Waals surface area (Å²) in [6, 6.07) is 15.2. The van der Waals surface area contributed by atoms with Gasteiger partial charge >= 0.3 is 0 Å². The lowest BCUT2D eigenvalue weighted by Gasteiger charge is -2.17. The van der Waals surface area contributed by atoms with Crippen molar-refractivity contribution in [3.63, 3.8) is 0 Å². The molecular formula is C15H16N2O4S. The molecule has 0 saturated heterocycles. The van der Waals surface area contributed by atoms with Gasteiger partial charge in [0.05, 0.1) is 0 Å². The first kappa shape index (κ1) is 16.0. The van der Waals surface area contributed by atoms with E-state index in [1.165, 1.54) is 0 Å². The average molecular weight is 320 g/mol. The van der Waals surface area contributed by atoms with Crippen molar-refractivity contribution in [1.29, 1.82) is 0 Å². The van der Waals surface area contributed by atoms with Crippen LogP contribution in [0.2, 0.25) is 0 Å². The summed E-state index contributed by atoms with van der Waals surface area (Å²) in [5.41, 5.74) is 1.84. The third-order valence-corrected chi connectivity index (χ3v) is 3.85. The van der Waals surface area contributed by atoms with E-state index in [1.54, 1.807) is 54.6 Å². The number of anilines is 2. The molecule has 2 aromatic carbocycles. The van der Waals surface area contributed by atoms with Crippen LogP contribution in [0.15, 0.2) is 54.6 Å². The number of aryl methyl sites for hydroxylation is 1. The van der Waals surface area contributed by atoms with Gasteiger partial charge in [-0.2, -0.15) is 8.42 Å². The number of rotatable bonds is 5. The number of hydrogen-bond acceptors (Lipinski definition) is 4. The Morgan fingerprint density at radius 1 is 1.00 bits per heavy atom. The van der Waals surface area contributed by atoms with Crippen molar-refractivity contribution in [2.24, 2.45) is 0 Å². The van der Waals surface area contributed by atoms with Crippen molar-refractivity contribution in [1.82, 2.24) is 0 Å². The molecule has 2 aromatic rings. The summed E-state index contributed by atoms with van der Waals surface area (Å²) in [7, 11) is -4.62. The van der Waals surface area contributed by atoms with E-state index in [-0.39, 0.29) is 0 Å². The predicted molar refractivity (Wildman–Crippen MR) is 85.2 cm³/mol. The Morgan fingerprint density at radius 2 is 1.59 bits per heavy atom. The van der Waals surface area contributed by atoms with Gasteiger partial charge in [0.25, 0.3) is 16.0 Å². The Hall–Kier alpha value is -2.38. The smallest absolute Gasteiger partial charge is 0.295 e. The number of amides is 1. The number of carbonyl (C=O) groups is 1. The van der Waals surface area contributed by atoms with Crippen LogP contribution in [0.5, 0.6) is 0 Å². The predicted octanol–water partition coefficient (Wildman–Crippen LogP) is 2.26. The molecule has 1 amide bonds. The fraction of sp³-hybridized carbons (Fsp3) is 0.133. The molecule has 0 spiro atoms. The van der Waals surface area contributed by atoms with E-state index in [4.69, 9.17) is 0 Å². The van der Waals surface area contributed by atoms with Crippen LogP contribution in [-0.2, 0) is 14.9 Å². The van der Waals surface area contributed by atoms with Crippen LogP contribution >= 0.6 is 0 Å². The lowest BCUT2D eigenvalue weighted by atomic mass is 10.2. The third kappa shape index (κ3) is 4.31. The van der Waals surface area contributed by atoms with Gasteiger partial charge in [-0.05, 0) is 31.2 Å². The van der Waals surface area contributed by atoms with Crippen molar-refractivity contribution >= 4 is 27.4 Å². The third-order valence-electron chi connectivity index (χ3n) is 2.93. The molecule has 3 N–H and O–H groups in total. The normalized spacial score (nSPS) is 12.5. The Bertz CT molecular complexity index is 743. The highest BCUT2D eigenvalue weighted by Crippen LogP contribution is 2.14. The summed E-state index contributed by atoms with van der Waals surface area (Å²) in [6.45, 7) is 1.88. The minimum Gasteiger partial charge on any atom is -0.359 e. The van der Waals surface area contributed by atoms with Gasteiger partial charge in [-0.15, -0.1) is 0 Å². The number of para-hydroxylation sites is 1. The molecule has 1 atom stereocenters. The van der Waals surface area contributed by atoms with Crippen molar-refractivity contribution < 1.29 is 17.8 Å². The van der Waals surface area contributed by atoms with E-state index in [2.05, 4.69) is 10.6 Å². The Labute approximate surface area is 128 Å². The lowest BCUT2D eigenvalue weighted by molar-refractivity contribution is -0.115. The van der Waals surface area contributed by atoms with Crippen LogP contribution in [0, 0.1) is 6.92 Å². The second-order valence-electron chi connectivity index (χ2n) is 4.76. The quantitative estimate of drug-likeness (QED) is 0.735. The largest absolute Gasteiger partial charge is 0.359 e. The molecule has 0 aromatic heterocycles. The molecule has 2 rings (SSSR count). The summed E-state index contributed by atoms with van der Waals surface area (Å²) in [6.07, 6.45) is 0. The zero-order valence-corrected chi connectivity index (χ0v) is 12.7. The molecule has 22 heavy (non-hydrogen) atoms. The van der Waals surface area contributed by atoms with Crippen LogP contribution < -0.4 is 10.6 Å².